The summed E-state index contributed by atoms with van der Waals surface area (Å²) in [6.07, 6.45) is 2.47. The predicted molar refractivity (Wildman–Crippen MR) is 61.6 cm³/mol. The van der Waals surface area contributed by atoms with Crippen molar-refractivity contribution in [3.05, 3.63) is 18.0 Å². The van der Waals surface area contributed by atoms with Gasteiger partial charge in [-0.3, -0.25) is 0 Å². The minimum Gasteiger partial charge on any atom is -0.477 e. The summed E-state index contributed by atoms with van der Waals surface area (Å²) >= 11 is 0. The van der Waals surface area contributed by atoms with Gasteiger partial charge in [-0.05, 0) is 17.9 Å². The van der Waals surface area contributed by atoms with Crippen molar-refractivity contribution >= 4 is 11.9 Å². The summed E-state index contributed by atoms with van der Waals surface area (Å²) in [7, 11) is 0. The maximum Gasteiger partial charge on any atom is 0.354 e. The van der Waals surface area contributed by atoms with Gasteiger partial charge in [-0.1, -0.05) is 20.8 Å². The second kappa shape index (κ2) is 4.92. The molecule has 1 aromatic rings. The van der Waals surface area contributed by atoms with E-state index in [1.54, 1.807) is 0 Å². The molecular weight excluding hydrogens is 206 g/mol. The highest BCUT2D eigenvalue weighted by atomic mass is 16.4. The first-order chi connectivity index (χ1) is 7.44. The van der Waals surface area contributed by atoms with Crippen molar-refractivity contribution in [2.45, 2.75) is 27.2 Å². The lowest BCUT2D eigenvalue weighted by Crippen LogP contribution is -2.23. The summed E-state index contributed by atoms with van der Waals surface area (Å²) in [5.74, 6) is -0.679. The molecular formula is C11H17N3O2. The molecule has 0 saturated carbocycles. The number of carboxylic acids is 1. The van der Waals surface area contributed by atoms with Crippen molar-refractivity contribution < 1.29 is 9.90 Å². The largest absolute Gasteiger partial charge is 0.477 e. The Morgan fingerprint density at radius 2 is 2.25 bits per heavy atom. The van der Waals surface area contributed by atoms with Crippen LogP contribution >= 0.6 is 0 Å². The standard InChI is InChI=1S/C11H17N3O2/c1-4-11(2,3)7-13-10-12-6-5-8(14-10)9(15)16/h5-6H,4,7H2,1-3H3,(H,15,16)(H,12,13,14). The molecule has 1 heterocycles. The topological polar surface area (TPSA) is 75.1 Å². The fourth-order valence-corrected chi connectivity index (χ4v) is 1.01. The third-order valence-corrected chi connectivity index (χ3v) is 2.56. The third-order valence-electron chi connectivity index (χ3n) is 2.56. The molecule has 0 amide bonds. The van der Waals surface area contributed by atoms with Crippen LogP contribution in [-0.2, 0) is 0 Å². The molecule has 0 saturated heterocycles. The number of nitrogens with zero attached hydrogens (tertiary/aromatic N) is 2. The van der Waals surface area contributed by atoms with Crippen molar-refractivity contribution in [2.75, 3.05) is 11.9 Å². The van der Waals surface area contributed by atoms with Gasteiger partial charge in [0.05, 0.1) is 0 Å². The summed E-state index contributed by atoms with van der Waals surface area (Å²) in [5, 5.41) is 11.8. The molecule has 0 radical (unpaired) electrons. The minimum absolute atomic E-state index is 0.00630. The Morgan fingerprint density at radius 3 is 2.81 bits per heavy atom. The van der Waals surface area contributed by atoms with Crippen LogP contribution in [0.1, 0.15) is 37.7 Å². The van der Waals surface area contributed by atoms with Crippen LogP contribution in [0, 0.1) is 5.41 Å². The third kappa shape index (κ3) is 3.49. The Labute approximate surface area is 94.9 Å². The summed E-state index contributed by atoms with van der Waals surface area (Å²) in [6.45, 7) is 7.07. The number of rotatable bonds is 5. The van der Waals surface area contributed by atoms with Gasteiger partial charge < -0.3 is 10.4 Å². The number of aromatic nitrogens is 2. The Hall–Kier alpha value is -1.65. The van der Waals surface area contributed by atoms with E-state index in [9.17, 15) is 4.79 Å². The predicted octanol–water partition coefficient (Wildman–Crippen LogP) is 2.02. The lowest BCUT2D eigenvalue weighted by atomic mass is 9.90. The maximum absolute atomic E-state index is 10.7. The van der Waals surface area contributed by atoms with Gasteiger partial charge >= 0.3 is 5.97 Å². The average Bonchev–Trinajstić information content (AvgIpc) is 2.27. The highest BCUT2D eigenvalue weighted by Gasteiger charge is 2.15. The van der Waals surface area contributed by atoms with Gasteiger partial charge in [-0.2, -0.15) is 0 Å². The van der Waals surface area contributed by atoms with Crippen molar-refractivity contribution in [3.8, 4) is 0 Å². The first kappa shape index (κ1) is 12.4. The number of carbonyl (C=O) groups is 1. The number of hydrogen-bond donors (Lipinski definition) is 2. The molecule has 1 rings (SSSR count). The van der Waals surface area contributed by atoms with Crippen LogP contribution in [0.25, 0.3) is 0 Å². The molecule has 0 aromatic carbocycles. The van der Waals surface area contributed by atoms with Crippen molar-refractivity contribution in [3.63, 3.8) is 0 Å². The highest BCUT2D eigenvalue weighted by molar-refractivity contribution is 5.85. The highest BCUT2D eigenvalue weighted by Crippen LogP contribution is 2.19. The van der Waals surface area contributed by atoms with Gasteiger partial charge in [0, 0.05) is 12.7 Å². The molecule has 0 atom stereocenters. The van der Waals surface area contributed by atoms with Crippen LogP contribution in [0.2, 0.25) is 0 Å². The van der Waals surface area contributed by atoms with Gasteiger partial charge in [-0.15, -0.1) is 0 Å². The smallest absolute Gasteiger partial charge is 0.354 e. The molecule has 0 aliphatic heterocycles. The lowest BCUT2D eigenvalue weighted by Gasteiger charge is -2.22. The van der Waals surface area contributed by atoms with E-state index in [0.717, 1.165) is 6.42 Å². The van der Waals surface area contributed by atoms with Crippen LogP contribution in [-0.4, -0.2) is 27.6 Å². The van der Waals surface area contributed by atoms with Crippen LogP contribution in [0.4, 0.5) is 5.95 Å². The molecule has 88 valence electrons. The Morgan fingerprint density at radius 1 is 1.56 bits per heavy atom. The van der Waals surface area contributed by atoms with Gasteiger partial charge in [0.15, 0.2) is 5.69 Å². The van der Waals surface area contributed by atoms with Crippen LogP contribution in [0.3, 0.4) is 0 Å². The quantitative estimate of drug-likeness (QED) is 0.798. The molecule has 0 aliphatic carbocycles. The van der Waals surface area contributed by atoms with Crippen LogP contribution in [0.5, 0.6) is 0 Å². The average molecular weight is 223 g/mol. The maximum atomic E-state index is 10.7. The van der Waals surface area contributed by atoms with Crippen molar-refractivity contribution in [1.82, 2.24) is 9.97 Å². The van der Waals surface area contributed by atoms with E-state index in [1.807, 2.05) is 0 Å². The van der Waals surface area contributed by atoms with E-state index in [1.165, 1.54) is 12.3 Å². The van der Waals surface area contributed by atoms with E-state index in [0.29, 0.717) is 12.5 Å². The van der Waals surface area contributed by atoms with E-state index in [4.69, 9.17) is 5.11 Å². The van der Waals surface area contributed by atoms with Gasteiger partial charge in [-0.25, -0.2) is 14.8 Å². The zero-order valence-electron chi connectivity index (χ0n) is 9.82. The number of hydrogen-bond acceptors (Lipinski definition) is 4. The number of nitrogens with one attached hydrogen (secondary N) is 1. The molecule has 2 N–H and O–H groups in total. The molecule has 0 unspecified atom stereocenters. The van der Waals surface area contributed by atoms with E-state index >= 15 is 0 Å². The van der Waals surface area contributed by atoms with E-state index in [2.05, 4.69) is 36.1 Å². The Bertz CT molecular complexity index is 377. The molecule has 0 spiro atoms. The number of carboxylic acid groups (broad SMARTS) is 1. The van der Waals surface area contributed by atoms with Crippen molar-refractivity contribution in [1.29, 1.82) is 0 Å². The molecule has 16 heavy (non-hydrogen) atoms. The van der Waals surface area contributed by atoms with Gasteiger partial charge in [0.1, 0.15) is 0 Å². The first-order valence-corrected chi connectivity index (χ1v) is 5.25. The lowest BCUT2D eigenvalue weighted by molar-refractivity contribution is 0.0690. The van der Waals surface area contributed by atoms with Gasteiger partial charge in [0.25, 0.3) is 0 Å². The molecule has 0 fully saturated rings. The van der Waals surface area contributed by atoms with E-state index in [-0.39, 0.29) is 11.1 Å². The van der Waals surface area contributed by atoms with E-state index < -0.39 is 5.97 Å². The fraction of sp³-hybridized carbons (Fsp3) is 0.545. The molecule has 1 aromatic heterocycles. The fourth-order valence-electron chi connectivity index (χ4n) is 1.01. The molecule has 5 heteroatoms. The summed E-state index contributed by atoms with van der Waals surface area (Å²) in [6, 6.07) is 1.37. The van der Waals surface area contributed by atoms with Crippen molar-refractivity contribution in [2.24, 2.45) is 5.41 Å². The summed E-state index contributed by atoms with van der Waals surface area (Å²) in [4.78, 5) is 18.6. The molecule has 0 bridgehead atoms. The second-order valence-electron chi connectivity index (χ2n) is 4.44. The number of anilines is 1. The van der Waals surface area contributed by atoms with Crippen LogP contribution < -0.4 is 5.32 Å². The van der Waals surface area contributed by atoms with Crippen LogP contribution in [0.15, 0.2) is 12.3 Å². The molecule has 5 nitrogen and oxygen atoms in total. The minimum atomic E-state index is -1.04. The van der Waals surface area contributed by atoms with Gasteiger partial charge in [0.2, 0.25) is 5.95 Å². The normalized spacial score (nSPS) is 11.2. The first-order valence-electron chi connectivity index (χ1n) is 5.25. The monoisotopic (exact) mass is 223 g/mol. The molecule has 0 aliphatic rings. The summed E-state index contributed by atoms with van der Waals surface area (Å²) < 4.78 is 0. The zero-order valence-corrected chi connectivity index (χ0v) is 9.82. The Balaban J connectivity index is 2.68. The Kier molecular flexibility index (Phi) is 3.82. The number of aromatic carboxylic acids is 1. The zero-order chi connectivity index (χ0) is 12.2. The second-order valence-corrected chi connectivity index (χ2v) is 4.44. The summed E-state index contributed by atoms with van der Waals surface area (Å²) in [5.41, 5.74) is 0.148. The SMILES string of the molecule is CCC(C)(C)CNc1nccc(C(=O)O)n1.